The Labute approximate surface area is 116 Å². The predicted octanol–water partition coefficient (Wildman–Crippen LogP) is 3.09. The maximum absolute atomic E-state index is 11.4. The van der Waals surface area contributed by atoms with Crippen molar-refractivity contribution in [2.45, 2.75) is 43.2 Å². The smallest absolute Gasteiger partial charge is 0.249 e. The first-order valence-corrected chi connectivity index (χ1v) is 7.95. The minimum atomic E-state index is -0.104. The van der Waals surface area contributed by atoms with E-state index in [4.69, 9.17) is 4.98 Å². The summed E-state index contributed by atoms with van der Waals surface area (Å²) in [5, 5.41) is 1.75. The number of nitrogens with zero attached hydrogens (tertiary/aromatic N) is 2. The molecule has 1 aliphatic rings. The Balaban J connectivity index is 2.17. The molecule has 0 bridgehead atoms. The number of fused-ring (bicyclic) bond motifs is 1. The van der Waals surface area contributed by atoms with Gasteiger partial charge in [-0.3, -0.25) is 4.79 Å². The van der Waals surface area contributed by atoms with Crippen LogP contribution in [-0.4, -0.2) is 21.2 Å². The van der Waals surface area contributed by atoms with Gasteiger partial charge in [0.2, 0.25) is 5.56 Å². The Kier molecular flexibility index (Phi) is 3.55. The fraction of sp³-hybridized carbons (Fsp3) is 0.500. The maximum atomic E-state index is 11.4. The molecular weight excluding hydrogens is 258 g/mol. The average Bonchev–Trinajstić information content (AvgIpc) is 2.46. The van der Waals surface area contributed by atoms with Crippen LogP contribution in [0.3, 0.4) is 0 Å². The summed E-state index contributed by atoms with van der Waals surface area (Å²) in [5.41, 5.74) is 1.69. The van der Waals surface area contributed by atoms with Crippen LogP contribution < -0.4 is 5.56 Å². The summed E-state index contributed by atoms with van der Waals surface area (Å²) in [6.07, 6.45) is 8.22. The minimum Gasteiger partial charge on any atom is -0.306 e. The van der Waals surface area contributed by atoms with Crippen LogP contribution in [0.1, 0.15) is 43.7 Å². The third-order valence-electron chi connectivity index (χ3n) is 3.77. The summed E-state index contributed by atoms with van der Waals surface area (Å²) in [7, 11) is 0. The number of rotatable bonds is 2. The second-order valence-electron chi connectivity index (χ2n) is 5.02. The fourth-order valence-corrected chi connectivity index (χ4v) is 3.19. The van der Waals surface area contributed by atoms with Crippen LogP contribution >= 0.6 is 11.8 Å². The number of aromatic nitrogens is 3. The second-order valence-corrected chi connectivity index (χ2v) is 5.79. The van der Waals surface area contributed by atoms with Crippen molar-refractivity contribution >= 4 is 22.8 Å². The second kappa shape index (κ2) is 5.33. The van der Waals surface area contributed by atoms with Crippen molar-refractivity contribution in [1.82, 2.24) is 15.0 Å². The minimum absolute atomic E-state index is 0.104. The highest BCUT2D eigenvalue weighted by atomic mass is 32.2. The van der Waals surface area contributed by atoms with E-state index in [2.05, 4.69) is 9.97 Å². The first-order chi connectivity index (χ1) is 9.28. The molecule has 2 heterocycles. The summed E-state index contributed by atoms with van der Waals surface area (Å²) in [4.78, 5) is 23.4. The molecular formula is C14H17N3OS. The molecule has 0 spiro atoms. The number of H-pyrrole nitrogens is 1. The SMILES string of the molecule is CSc1nc(C2CCCCC2)c2ccc(=O)[nH]c2n1. The predicted molar refractivity (Wildman–Crippen MR) is 77.8 cm³/mol. The molecule has 1 saturated carbocycles. The third-order valence-corrected chi connectivity index (χ3v) is 4.32. The van der Waals surface area contributed by atoms with Crippen molar-refractivity contribution in [3.63, 3.8) is 0 Å². The largest absolute Gasteiger partial charge is 0.306 e. The fourth-order valence-electron chi connectivity index (χ4n) is 2.82. The van der Waals surface area contributed by atoms with Gasteiger partial charge in [0.15, 0.2) is 5.16 Å². The van der Waals surface area contributed by atoms with Crippen LogP contribution in [0.5, 0.6) is 0 Å². The molecule has 0 unspecified atom stereocenters. The van der Waals surface area contributed by atoms with E-state index in [1.165, 1.54) is 43.9 Å². The van der Waals surface area contributed by atoms with Crippen LogP contribution in [0.2, 0.25) is 0 Å². The molecule has 3 rings (SSSR count). The van der Waals surface area contributed by atoms with E-state index in [1.54, 1.807) is 6.07 Å². The summed E-state index contributed by atoms with van der Waals surface area (Å²) in [6, 6.07) is 3.43. The van der Waals surface area contributed by atoms with Gasteiger partial charge < -0.3 is 4.98 Å². The van der Waals surface area contributed by atoms with Gasteiger partial charge in [0, 0.05) is 17.4 Å². The Morgan fingerprint density at radius 3 is 2.74 bits per heavy atom. The van der Waals surface area contributed by atoms with E-state index in [0.29, 0.717) is 11.6 Å². The van der Waals surface area contributed by atoms with Gasteiger partial charge in [-0.15, -0.1) is 0 Å². The van der Waals surface area contributed by atoms with Crippen molar-refractivity contribution in [3.05, 3.63) is 28.2 Å². The van der Waals surface area contributed by atoms with Crippen LogP contribution in [0.25, 0.3) is 11.0 Å². The third kappa shape index (κ3) is 2.52. The normalized spacial score (nSPS) is 16.9. The lowest BCUT2D eigenvalue weighted by molar-refractivity contribution is 0.437. The lowest BCUT2D eigenvalue weighted by Crippen LogP contribution is -2.11. The Bertz CT molecular complexity index is 647. The van der Waals surface area contributed by atoms with Crippen molar-refractivity contribution in [3.8, 4) is 0 Å². The number of hydrogen-bond acceptors (Lipinski definition) is 4. The summed E-state index contributed by atoms with van der Waals surface area (Å²) < 4.78 is 0. The number of pyridine rings is 1. The van der Waals surface area contributed by atoms with Crippen LogP contribution in [0.15, 0.2) is 22.1 Å². The van der Waals surface area contributed by atoms with E-state index in [1.807, 2.05) is 12.3 Å². The van der Waals surface area contributed by atoms with Crippen LogP contribution in [0.4, 0.5) is 0 Å². The quantitative estimate of drug-likeness (QED) is 0.676. The molecule has 4 nitrogen and oxygen atoms in total. The molecule has 0 atom stereocenters. The van der Waals surface area contributed by atoms with E-state index in [0.717, 1.165) is 16.2 Å². The van der Waals surface area contributed by atoms with Gasteiger partial charge in [0.25, 0.3) is 0 Å². The van der Waals surface area contributed by atoms with Gasteiger partial charge in [-0.05, 0) is 25.2 Å². The van der Waals surface area contributed by atoms with Gasteiger partial charge in [-0.25, -0.2) is 9.97 Å². The van der Waals surface area contributed by atoms with Gasteiger partial charge in [0.1, 0.15) is 5.65 Å². The summed E-state index contributed by atoms with van der Waals surface area (Å²) >= 11 is 1.52. The topological polar surface area (TPSA) is 58.6 Å². The van der Waals surface area contributed by atoms with Crippen molar-refractivity contribution in [2.24, 2.45) is 0 Å². The van der Waals surface area contributed by atoms with Crippen molar-refractivity contribution in [1.29, 1.82) is 0 Å². The molecule has 1 N–H and O–H groups in total. The molecule has 2 aromatic rings. The molecule has 0 radical (unpaired) electrons. The molecule has 0 saturated heterocycles. The van der Waals surface area contributed by atoms with E-state index < -0.39 is 0 Å². The van der Waals surface area contributed by atoms with Crippen molar-refractivity contribution in [2.75, 3.05) is 6.26 Å². The lowest BCUT2D eigenvalue weighted by Gasteiger charge is -2.22. The molecule has 1 aliphatic carbocycles. The molecule has 5 heteroatoms. The average molecular weight is 275 g/mol. The molecule has 19 heavy (non-hydrogen) atoms. The lowest BCUT2D eigenvalue weighted by atomic mass is 9.86. The monoisotopic (exact) mass is 275 g/mol. The Morgan fingerprint density at radius 1 is 1.21 bits per heavy atom. The van der Waals surface area contributed by atoms with E-state index in [-0.39, 0.29) is 5.56 Å². The first-order valence-electron chi connectivity index (χ1n) is 6.73. The van der Waals surface area contributed by atoms with E-state index >= 15 is 0 Å². The zero-order valence-electron chi connectivity index (χ0n) is 11.0. The summed E-state index contributed by atoms with van der Waals surface area (Å²) in [5.74, 6) is 0.510. The van der Waals surface area contributed by atoms with Gasteiger partial charge in [-0.2, -0.15) is 0 Å². The van der Waals surface area contributed by atoms with Crippen LogP contribution in [0, 0.1) is 0 Å². The molecule has 0 aliphatic heterocycles. The standard InChI is InChI=1S/C14H17N3OS/c1-19-14-16-12(9-5-3-2-4-6-9)10-7-8-11(18)15-13(10)17-14/h7-9H,2-6H2,1H3,(H,15,16,17,18). The number of hydrogen-bond donors (Lipinski definition) is 1. The highest BCUT2D eigenvalue weighted by Crippen LogP contribution is 2.35. The van der Waals surface area contributed by atoms with E-state index in [9.17, 15) is 4.79 Å². The molecule has 0 aromatic carbocycles. The molecule has 0 amide bonds. The Morgan fingerprint density at radius 2 is 2.00 bits per heavy atom. The highest BCUT2D eigenvalue weighted by molar-refractivity contribution is 7.98. The zero-order chi connectivity index (χ0) is 13.2. The maximum Gasteiger partial charge on any atom is 0.249 e. The first kappa shape index (κ1) is 12.7. The van der Waals surface area contributed by atoms with Crippen LogP contribution in [-0.2, 0) is 0 Å². The highest BCUT2D eigenvalue weighted by Gasteiger charge is 2.20. The van der Waals surface area contributed by atoms with Gasteiger partial charge >= 0.3 is 0 Å². The number of thioether (sulfide) groups is 1. The molecule has 100 valence electrons. The van der Waals surface area contributed by atoms with Gasteiger partial charge in [0.05, 0.1) is 5.69 Å². The molecule has 2 aromatic heterocycles. The zero-order valence-corrected chi connectivity index (χ0v) is 11.8. The van der Waals surface area contributed by atoms with Gasteiger partial charge in [-0.1, -0.05) is 31.0 Å². The number of aromatic amines is 1. The number of nitrogens with one attached hydrogen (secondary N) is 1. The summed E-state index contributed by atoms with van der Waals surface area (Å²) in [6.45, 7) is 0. The Hall–Kier alpha value is -1.36. The molecule has 1 fully saturated rings. The van der Waals surface area contributed by atoms with Crippen molar-refractivity contribution < 1.29 is 0 Å².